The Kier molecular flexibility index (Phi) is 2.85. The van der Waals surface area contributed by atoms with Gasteiger partial charge in [0.1, 0.15) is 0 Å². The minimum absolute atomic E-state index is 0.791. The Hall–Kier alpha value is -0.360. The second-order valence-corrected chi connectivity index (χ2v) is 2.55. The molecule has 0 atom stereocenters. The molecule has 0 aromatic carbocycles. The van der Waals surface area contributed by atoms with E-state index in [0.29, 0.717) is 0 Å². The topological polar surface area (TPSA) is 35.2 Å². The average molecular weight is 175 g/mol. The van der Waals surface area contributed by atoms with Crippen molar-refractivity contribution in [2.24, 2.45) is 5.90 Å². The molecule has 0 rings (SSSR count). The highest BCUT2D eigenvalue weighted by Gasteiger charge is 2.55. The molecule has 0 aliphatic heterocycles. The summed E-state index contributed by atoms with van der Waals surface area (Å²) in [4.78, 5) is 3.73. The third-order valence-corrected chi connectivity index (χ3v) is 1.37. The number of rotatable bonds is 3. The molecule has 0 bridgehead atoms. The summed E-state index contributed by atoms with van der Waals surface area (Å²) in [5.41, 5.74) is -2.35. The van der Waals surface area contributed by atoms with Gasteiger partial charge in [-0.05, 0) is 13.8 Å². The highest BCUT2D eigenvalue weighted by atomic mass is 19.3. The highest BCUT2D eigenvalue weighted by molar-refractivity contribution is 4.88. The molecule has 0 saturated heterocycles. The summed E-state index contributed by atoms with van der Waals surface area (Å²) in [7, 11) is 0. The molecule has 0 unspecified atom stereocenters. The SMILES string of the molecule is CC(C)(ON)C(F)(F)C(F)F. The molecule has 6 heteroatoms. The Morgan fingerprint density at radius 1 is 1.27 bits per heavy atom. The van der Waals surface area contributed by atoms with Crippen molar-refractivity contribution in [3.8, 4) is 0 Å². The van der Waals surface area contributed by atoms with Crippen LogP contribution in [0.4, 0.5) is 17.6 Å². The Morgan fingerprint density at radius 2 is 1.64 bits per heavy atom. The van der Waals surface area contributed by atoms with Crippen molar-refractivity contribution in [1.29, 1.82) is 0 Å². The standard InChI is InChI=1S/C5H9F4NO/c1-4(2,11-10)5(8,9)3(6)7/h3H,10H2,1-2H3. The zero-order chi connectivity index (χ0) is 9.28. The number of alkyl halides is 4. The van der Waals surface area contributed by atoms with Crippen LogP contribution >= 0.6 is 0 Å². The van der Waals surface area contributed by atoms with Gasteiger partial charge in [-0.15, -0.1) is 0 Å². The first kappa shape index (κ1) is 10.6. The molecule has 11 heavy (non-hydrogen) atoms. The molecule has 0 fully saturated rings. The van der Waals surface area contributed by atoms with Gasteiger partial charge in [-0.3, -0.25) is 4.84 Å². The average Bonchev–Trinajstić information content (AvgIpc) is 1.87. The molecule has 0 aromatic rings. The van der Waals surface area contributed by atoms with Crippen molar-refractivity contribution in [2.45, 2.75) is 31.8 Å². The predicted molar refractivity (Wildman–Crippen MR) is 30.3 cm³/mol. The lowest BCUT2D eigenvalue weighted by Gasteiger charge is -2.30. The summed E-state index contributed by atoms with van der Waals surface area (Å²) in [6.07, 6.45) is -3.78. The molecule has 0 heterocycles. The third-order valence-electron chi connectivity index (χ3n) is 1.37. The first-order valence-electron chi connectivity index (χ1n) is 2.79. The Labute approximate surface area is 61.3 Å². The second kappa shape index (κ2) is 2.94. The lowest BCUT2D eigenvalue weighted by Crippen LogP contribution is -2.51. The number of halogens is 4. The lowest BCUT2D eigenvalue weighted by atomic mass is 10.0. The van der Waals surface area contributed by atoms with Gasteiger partial charge in [0.25, 0.3) is 0 Å². The van der Waals surface area contributed by atoms with Crippen molar-refractivity contribution >= 4 is 0 Å². The Balaban J connectivity index is 4.53. The number of hydrogen-bond donors (Lipinski definition) is 1. The predicted octanol–water partition coefficient (Wildman–Crippen LogP) is 1.56. The molecule has 2 nitrogen and oxygen atoms in total. The number of nitrogens with two attached hydrogens (primary N) is 1. The molecule has 0 aliphatic carbocycles. The third kappa shape index (κ3) is 1.81. The molecule has 0 aliphatic rings. The van der Waals surface area contributed by atoms with Gasteiger partial charge in [0, 0.05) is 0 Å². The van der Waals surface area contributed by atoms with Crippen LogP contribution in [0.15, 0.2) is 0 Å². The fraction of sp³-hybridized carbons (Fsp3) is 1.00. The van der Waals surface area contributed by atoms with Crippen LogP contribution in [-0.2, 0) is 4.84 Å². The van der Waals surface area contributed by atoms with Crippen molar-refractivity contribution in [3.63, 3.8) is 0 Å². The van der Waals surface area contributed by atoms with Crippen LogP contribution in [0.3, 0.4) is 0 Å². The van der Waals surface area contributed by atoms with Gasteiger partial charge < -0.3 is 0 Å². The minimum Gasteiger partial charge on any atom is -0.292 e. The lowest BCUT2D eigenvalue weighted by molar-refractivity contribution is -0.248. The van der Waals surface area contributed by atoms with E-state index in [-0.39, 0.29) is 0 Å². The van der Waals surface area contributed by atoms with E-state index in [1.54, 1.807) is 0 Å². The highest BCUT2D eigenvalue weighted by Crippen LogP contribution is 2.35. The molecule has 0 amide bonds. The van der Waals surface area contributed by atoms with Gasteiger partial charge in [0.2, 0.25) is 0 Å². The van der Waals surface area contributed by atoms with E-state index in [1.807, 2.05) is 0 Å². The van der Waals surface area contributed by atoms with E-state index in [4.69, 9.17) is 0 Å². The second-order valence-electron chi connectivity index (χ2n) is 2.55. The van der Waals surface area contributed by atoms with E-state index < -0.39 is 17.9 Å². The van der Waals surface area contributed by atoms with Gasteiger partial charge in [-0.25, -0.2) is 14.7 Å². The van der Waals surface area contributed by atoms with Gasteiger partial charge in [0.15, 0.2) is 5.60 Å². The molecular formula is C5H9F4NO. The van der Waals surface area contributed by atoms with Crippen LogP contribution in [0.2, 0.25) is 0 Å². The van der Waals surface area contributed by atoms with Crippen molar-refractivity contribution in [1.82, 2.24) is 0 Å². The van der Waals surface area contributed by atoms with Crippen LogP contribution in [0.1, 0.15) is 13.8 Å². The van der Waals surface area contributed by atoms with E-state index >= 15 is 0 Å². The molecular weight excluding hydrogens is 166 g/mol. The summed E-state index contributed by atoms with van der Waals surface area (Å²) in [5.74, 6) is 0.183. The monoisotopic (exact) mass is 175 g/mol. The largest absolute Gasteiger partial charge is 0.337 e. The van der Waals surface area contributed by atoms with Gasteiger partial charge in [0.05, 0.1) is 0 Å². The summed E-state index contributed by atoms with van der Waals surface area (Å²) in [6, 6.07) is 0. The van der Waals surface area contributed by atoms with Gasteiger partial charge >= 0.3 is 12.3 Å². The van der Waals surface area contributed by atoms with Crippen LogP contribution < -0.4 is 5.90 Å². The maximum Gasteiger partial charge on any atom is 0.337 e. The van der Waals surface area contributed by atoms with Crippen LogP contribution in [-0.4, -0.2) is 17.9 Å². The molecule has 0 aromatic heterocycles. The fourth-order valence-corrected chi connectivity index (χ4v) is 0.341. The number of hydrogen-bond acceptors (Lipinski definition) is 2. The molecule has 68 valence electrons. The van der Waals surface area contributed by atoms with Gasteiger partial charge in [-0.2, -0.15) is 8.78 Å². The quantitative estimate of drug-likeness (QED) is 0.521. The fourth-order valence-electron chi connectivity index (χ4n) is 0.341. The normalized spacial score (nSPS) is 14.2. The van der Waals surface area contributed by atoms with Crippen LogP contribution in [0.25, 0.3) is 0 Å². The van der Waals surface area contributed by atoms with Crippen LogP contribution in [0, 0.1) is 0 Å². The Morgan fingerprint density at radius 3 is 1.73 bits per heavy atom. The zero-order valence-electron chi connectivity index (χ0n) is 6.07. The maximum atomic E-state index is 12.4. The summed E-state index contributed by atoms with van der Waals surface area (Å²) in [6.45, 7) is 1.58. The van der Waals surface area contributed by atoms with Crippen molar-refractivity contribution in [3.05, 3.63) is 0 Å². The molecule has 0 saturated carbocycles. The van der Waals surface area contributed by atoms with Crippen molar-refractivity contribution in [2.75, 3.05) is 0 Å². The minimum atomic E-state index is -4.23. The maximum absolute atomic E-state index is 12.4. The zero-order valence-corrected chi connectivity index (χ0v) is 6.07. The van der Waals surface area contributed by atoms with E-state index in [2.05, 4.69) is 10.7 Å². The van der Waals surface area contributed by atoms with E-state index in [9.17, 15) is 17.6 Å². The first-order chi connectivity index (χ1) is 4.75. The van der Waals surface area contributed by atoms with Crippen molar-refractivity contribution < 1.29 is 22.4 Å². The summed E-state index contributed by atoms with van der Waals surface area (Å²) in [5, 5.41) is 0. The van der Waals surface area contributed by atoms with E-state index in [0.717, 1.165) is 13.8 Å². The molecule has 0 radical (unpaired) electrons. The first-order valence-corrected chi connectivity index (χ1v) is 2.79. The Bertz CT molecular complexity index is 136. The van der Waals surface area contributed by atoms with Crippen LogP contribution in [0.5, 0.6) is 0 Å². The molecule has 0 spiro atoms. The smallest absolute Gasteiger partial charge is 0.292 e. The summed E-state index contributed by atoms with van der Waals surface area (Å²) >= 11 is 0. The summed E-state index contributed by atoms with van der Waals surface area (Å²) < 4.78 is 48.0. The molecule has 2 N–H and O–H groups in total. The van der Waals surface area contributed by atoms with E-state index in [1.165, 1.54) is 0 Å². The van der Waals surface area contributed by atoms with Gasteiger partial charge in [-0.1, -0.05) is 0 Å².